The second-order valence-electron chi connectivity index (χ2n) is 5.09. The van der Waals surface area contributed by atoms with Gasteiger partial charge < -0.3 is 10.3 Å². The minimum Gasteiger partial charge on any atom is -0.384 e. The summed E-state index contributed by atoms with van der Waals surface area (Å²) in [5.41, 5.74) is 7.16. The van der Waals surface area contributed by atoms with Gasteiger partial charge in [-0.05, 0) is 25.2 Å². The van der Waals surface area contributed by atoms with Crippen LogP contribution in [0.3, 0.4) is 0 Å². The fraction of sp³-hybridized carbons (Fsp3) is 0.750. The highest BCUT2D eigenvalue weighted by Gasteiger charge is 2.13. The maximum Gasteiger partial charge on any atom is 0.126 e. The Morgan fingerprint density at radius 3 is 2.27 bits per heavy atom. The zero-order valence-corrected chi connectivity index (χ0v) is 10.5. The molecule has 0 bridgehead atoms. The summed E-state index contributed by atoms with van der Waals surface area (Å²) in [6, 6.07) is 0. The van der Waals surface area contributed by atoms with Crippen LogP contribution in [0.4, 0.5) is 5.82 Å². The van der Waals surface area contributed by atoms with E-state index in [-0.39, 0.29) is 0 Å². The van der Waals surface area contributed by atoms with Crippen LogP contribution in [0, 0.1) is 18.8 Å². The molecule has 0 aliphatic rings. The number of rotatable bonds is 4. The minimum atomic E-state index is 0.604. The zero-order valence-electron chi connectivity index (χ0n) is 10.5. The highest BCUT2D eigenvalue weighted by atomic mass is 15.1. The standard InChI is InChI=1S/C12H23N3/c1-8(2)6-11-12(13)15(7-9(3)4)10(5)14-11/h8-9H,6-7,13H2,1-5H3. The first-order valence-corrected chi connectivity index (χ1v) is 5.73. The number of imidazole rings is 1. The van der Waals surface area contributed by atoms with E-state index < -0.39 is 0 Å². The first kappa shape index (κ1) is 12.1. The number of nitrogens with zero attached hydrogens (tertiary/aromatic N) is 2. The van der Waals surface area contributed by atoms with E-state index in [2.05, 4.69) is 37.2 Å². The van der Waals surface area contributed by atoms with Gasteiger partial charge in [0.1, 0.15) is 11.6 Å². The Hall–Kier alpha value is -0.990. The van der Waals surface area contributed by atoms with Gasteiger partial charge in [0.05, 0.1) is 5.69 Å². The Balaban J connectivity index is 2.93. The molecule has 0 aliphatic carbocycles. The van der Waals surface area contributed by atoms with Crippen molar-refractivity contribution in [3.63, 3.8) is 0 Å². The Kier molecular flexibility index (Phi) is 3.77. The van der Waals surface area contributed by atoms with E-state index in [4.69, 9.17) is 5.73 Å². The molecule has 0 fully saturated rings. The fourth-order valence-electron chi connectivity index (χ4n) is 1.78. The number of nitrogens with two attached hydrogens (primary N) is 1. The lowest BCUT2D eigenvalue weighted by Crippen LogP contribution is -2.10. The highest BCUT2D eigenvalue weighted by molar-refractivity contribution is 5.38. The van der Waals surface area contributed by atoms with E-state index in [1.165, 1.54) is 0 Å². The van der Waals surface area contributed by atoms with Crippen molar-refractivity contribution < 1.29 is 0 Å². The summed E-state index contributed by atoms with van der Waals surface area (Å²) < 4.78 is 2.13. The Labute approximate surface area is 92.7 Å². The fourth-order valence-corrected chi connectivity index (χ4v) is 1.78. The van der Waals surface area contributed by atoms with Gasteiger partial charge >= 0.3 is 0 Å². The van der Waals surface area contributed by atoms with E-state index >= 15 is 0 Å². The molecule has 0 atom stereocenters. The van der Waals surface area contributed by atoms with Crippen molar-refractivity contribution in [1.29, 1.82) is 0 Å². The van der Waals surface area contributed by atoms with E-state index in [0.717, 1.165) is 30.3 Å². The van der Waals surface area contributed by atoms with Crippen molar-refractivity contribution >= 4 is 5.82 Å². The van der Waals surface area contributed by atoms with E-state index in [1.54, 1.807) is 0 Å². The summed E-state index contributed by atoms with van der Waals surface area (Å²) in [7, 11) is 0. The quantitative estimate of drug-likeness (QED) is 0.828. The largest absolute Gasteiger partial charge is 0.384 e. The highest BCUT2D eigenvalue weighted by Crippen LogP contribution is 2.19. The van der Waals surface area contributed by atoms with Crippen LogP contribution in [-0.2, 0) is 13.0 Å². The van der Waals surface area contributed by atoms with Gasteiger partial charge in [0.15, 0.2) is 0 Å². The second-order valence-corrected chi connectivity index (χ2v) is 5.09. The average molecular weight is 209 g/mol. The molecule has 86 valence electrons. The molecule has 15 heavy (non-hydrogen) atoms. The van der Waals surface area contributed by atoms with Crippen LogP contribution in [-0.4, -0.2) is 9.55 Å². The molecule has 0 radical (unpaired) electrons. The van der Waals surface area contributed by atoms with Gasteiger partial charge in [-0.15, -0.1) is 0 Å². The topological polar surface area (TPSA) is 43.8 Å². The first-order chi connectivity index (χ1) is 6.91. The predicted molar refractivity (Wildman–Crippen MR) is 64.8 cm³/mol. The molecule has 0 saturated heterocycles. The molecule has 1 rings (SSSR count). The molecule has 3 nitrogen and oxygen atoms in total. The van der Waals surface area contributed by atoms with Crippen LogP contribution in [0.2, 0.25) is 0 Å². The summed E-state index contributed by atoms with van der Waals surface area (Å²) >= 11 is 0. The summed E-state index contributed by atoms with van der Waals surface area (Å²) in [5, 5.41) is 0. The van der Waals surface area contributed by atoms with Crippen LogP contribution in [0.25, 0.3) is 0 Å². The Morgan fingerprint density at radius 1 is 1.20 bits per heavy atom. The zero-order chi connectivity index (χ0) is 11.6. The molecule has 0 aliphatic heterocycles. The molecule has 1 aromatic heterocycles. The van der Waals surface area contributed by atoms with Crippen LogP contribution >= 0.6 is 0 Å². The SMILES string of the molecule is Cc1nc(CC(C)C)c(N)n1CC(C)C. The molecule has 1 heterocycles. The number of aryl methyl sites for hydroxylation is 1. The van der Waals surface area contributed by atoms with Crippen LogP contribution < -0.4 is 5.73 Å². The van der Waals surface area contributed by atoms with Crippen LogP contribution in [0.1, 0.15) is 39.2 Å². The maximum atomic E-state index is 6.10. The van der Waals surface area contributed by atoms with Crippen molar-refractivity contribution in [1.82, 2.24) is 9.55 Å². The lowest BCUT2D eigenvalue weighted by Gasteiger charge is -2.10. The molecular weight excluding hydrogens is 186 g/mol. The molecule has 1 aromatic rings. The minimum absolute atomic E-state index is 0.604. The Bertz CT molecular complexity index is 324. The van der Waals surface area contributed by atoms with Gasteiger partial charge in [-0.3, -0.25) is 0 Å². The van der Waals surface area contributed by atoms with Crippen LogP contribution in [0.15, 0.2) is 0 Å². The third-order valence-electron chi connectivity index (χ3n) is 2.42. The van der Waals surface area contributed by atoms with Gasteiger partial charge in [0, 0.05) is 6.54 Å². The predicted octanol–water partition coefficient (Wildman–Crippen LogP) is 2.63. The molecule has 3 heteroatoms. The third kappa shape index (κ3) is 2.98. The average Bonchev–Trinajstić information content (AvgIpc) is 2.31. The molecule has 0 saturated carbocycles. The number of aromatic nitrogens is 2. The molecule has 0 spiro atoms. The molecule has 0 unspecified atom stereocenters. The number of nitrogen functional groups attached to an aromatic ring is 1. The third-order valence-corrected chi connectivity index (χ3v) is 2.42. The van der Waals surface area contributed by atoms with E-state index in [0.29, 0.717) is 11.8 Å². The van der Waals surface area contributed by atoms with Crippen molar-refractivity contribution in [2.45, 2.75) is 47.6 Å². The van der Waals surface area contributed by atoms with Crippen molar-refractivity contribution in [2.75, 3.05) is 5.73 Å². The lowest BCUT2D eigenvalue weighted by molar-refractivity contribution is 0.518. The van der Waals surface area contributed by atoms with Gasteiger partial charge in [-0.2, -0.15) is 0 Å². The van der Waals surface area contributed by atoms with Crippen molar-refractivity contribution in [2.24, 2.45) is 11.8 Å². The van der Waals surface area contributed by atoms with Crippen LogP contribution in [0.5, 0.6) is 0 Å². The number of anilines is 1. The van der Waals surface area contributed by atoms with E-state index in [9.17, 15) is 0 Å². The van der Waals surface area contributed by atoms with Gasteiger partial charge in [0.2, 0.25) is 0 Å². The van der Waals surface area contributed by atoms with E-state index in [1.807, 2.05) is 6.92 Å². The molecule has 0 amide bonds. The van der Waals surface area contributed by atoms with Crippen molar-refractivity contribution in [3.8, 4) is 0 Å². The number of hydrogen-bond donors (Lipinski definition) is 1. The molecule has 2 N–H and O–H groups in total. The van der Waals surface area contributed by atoms with Gasteiger partial charge in [-0.1, -0.05) is 27.7 Å². The summed E-state index contributed by atoms with van der Waals surface area (Å²) in [6.07, 6.45) is 0.970. The smallest absolute Gasteiger partial charge is 0.126 e. The molecule has 0 aromatic carbocycles. The number of hydrogen-bond acceptors (Lipinski definition) is 2. The van der Waals surface area contributed by atoms with Gasteiger partial charge in [-0.25, -0.2) is 4.98 Å². The first-order valence-electron chi connectivity index (χ1n) is 5.73. The summed E-state index contributed by atoms with van der Waals surface area (Å²) in [6.45, 7) is 11.8. The Morgan fingerprint density at radius 2 is 1.80 bits per heavy atom. The maximum absolute atomic E-state index is 6.10. The van der Waals surface area contributed by atoms with Crippen molar-refractivity contribution in [3.05, 3.63) is 11.5 Å². The normalized spacial score (nSPS) is 11.7. The van der Waals surface area contributed by atoms with Gasteiger partial charge in [0.25, 0.3) is 0 Å². The summed E-state index contributed by atoms with van der Waals surface area (Å²) in [4.78, 5) is 4.54. The monoisotopic (exact) mass is 209 g/mol. The summed E-state index contributed by atoms with van der Waals surface area (Å²) in [5.74, 6) is 3.10. The molecular formula is C12H23N3. The lowest BCUT2D eigenvalue weighted by atomic mass is 10.1. The second kappa shape index (κ2) is 4.69.